The Morgan fingerprint density at radius 3 is 2.60 bits per heavy atom. The van der Waals surface area contributed by atoms with Crippen molar-refractivity contribution in [2.75, 3.05) is 11.9 Å². The number of nitrogens with one attached hydrogen (secondary N) is 2. The summed E-state index contributed by atoms with van der Waals surface area (Å²) in [4.78, 5) is 12.1. The number of carbonyl (C=O) groups is 1. The van der Waals surface area contributed by atoms with Crippen LogP contribution in [0.15, 0.2) is 24.3 Å². The highest BCUT2D eigenvalue weighted by Gasteiger charge is 2.31. The van der Waals surface area contributed by atoms with E-state index in [1.54, 1.807) is 31.2 Å². The predicted octanol–water partition coefficient (Wildman–Crippen LogP) is 1.84. The van der Waals surface area contributed by atoms with Crippen molar-refractivity contribution >= 4 is 21.4 Å². The number of rotatable bonds is 8. The van der Waals surface area contributed by atoms with E-state index in [0.29, 0.717) is 30.6 Å². The van der Waals surface area contributed by atoms with Gasteiger partial charge in [0.2, 0.25) is 5.91 Å². The fourth-order valence-electron chi connectivity index (χ4n) is 2.91. The molecule has 0 radical (unpaired) electrons. The van der Waals surface area contributed by atoms with Gasteiger partial charge < -0.3 is 15.7 Å². The molecule has 2 unspecified atom stereocenters. The van der Waals surface area contributed by atoms with E-state index in [2.05, 4.69) is 10.6 Å². The molecule has 1 fully saturated rings. The second kappa shape index (κ2) is 8.78. The molecular weight excluding hydrogens is 340 g/mol. The maximum atomic E-state index is 12.4. The number of unbranched alkanes of at least 4 members (excludes halogenated alkanes) is 1. The molecule has 1 heterocycles. The quantitative estimate of drug-likeness (QED) is 0.651. The van der Waals surface area contributed by atoms with Crippen LogP contribution in [-0.4, -0.2) is 43.4 Å². The number of aliphatic hydroxyl groups is 1. The highest BCUT2D eigenvalue weighted by atomic mass is 32.2. The molecular formula is C18H28N2O4S. The third kappa shape index (κ3) is 5.52. The van der Waals surface area contributed by atoms with Crippen LogP contribution in [0.3, 0.4) is 0 Å². The lowest BCUT2D eigenvalue weighted by Crippen LogP contribution is -2.42. The van der Waals surface area contributed by atoms with Gasteiger partial charge >= 0.3 is 0 Å². The molecule has 0 aliphatic carbocycles. The highest BCUT2D eigenvalue weighted by Crippen LogP contribution is 2.18. The fraction of sp³-hybridized carbons (Fsp3) is 0.611. The largest absolute Gasteiger partial charge is 0.391 e. The Balaban J connectivity index is 1.94. The van der Waals surface area contributed by atoms with Crippen molar-refractivity contribution in [3.63, 3.8) is 0 Å². The molecule has 0 aromatic heterocycles. The molecule has 3 atom stereocenters. The molecule has 0 spiro atoms. The molecule has 7 heteroatoms. The first-order valence-electron chi connectivity index (χ1n) is 8.86. The number of sulfone groups is 1. The summed E-state index contributed by atoms with van der Waals surface area (Å²) in [6.07, 6.45) is 2.47. The van der Waals surface area contributed by atoms with Crippen molar-refractivity contribution in [3.8, 4) is 0 Å². The van der Waals surface area contributed by atoms with Crippen molar-refractivity contribution in [1.82, 2.24) is 5.32 Å². The molecule has 1 aromatic rings. The molecule has 25 heavy (non-hydrogen) atoms. The number of aliphatic hydroxyl groups excluding tert-OH is 1. The summed E-state index contributed by atoms with van der Waals surface area (Å²) in [5, 5.41) is 15.1. The molecule has 1 aliphatic heterocycles. The second-order valence-electron chi connectivity index (χ2n) is 6.73. The maximum absolute atomic E-state index is 12.4. The predicted molar refractivity (Wildman–Crippen MR) is 99.1 cm³/mol. The van der Waals surface area contributed by atoms with E-state index in [0.717, 1.165) is 12.8 Å². The van der Waals surface area contributed by atoms with Crippen molar-refractivity contribution in [2.45, 2.75) is 62.7 Å². The van der Waals surface area contributed by atoms with E-state index >= 15 is 0 Å². The summed E-state index contributed by atoms with van der Waals surface area (Å²) >= 11 is 0. The van der Waals surface area contributed by atoms with Crippen molar-refractivity contribution < 1.29 is 18.3 Å². The first-order valence-corrected chi connectivity index (χ1v) is 10.6. The second-order valence-corrected chi connectivity index (χ2v) is 9.15. The maximum Gasteiger partial charge on any atom is 0.244 e. The van der Waals surface area contributed by atoms with E-state index < -0.39 is 22.0 Å². The smallest absolute Gasteiger partial charge is 0.244 e. The molecule has 2 rings (SSSR count). The normalized spacial score (nSPS) is 21.9. The number of hydrogen-bond donors (Lipinski definition) is 3. The number of hydrogen-bond acceptors (Lipinski definition) is 5. The summed E-state index contributed by atoms with van der Waals surface area (Å²) in [7, 11) is -3.17. The zero-order valence-electron chi connectivity index (χ0n) is 14.9. The lowest BCUT2D eigenvalue weighted by atomic mass is 10.1. The van der Waals surface area contributed by atoms with Crippen LogP contribution in [0.5, 0.6) is 0 Å². The Morgan fingerprint density at radius 2 is 2.04 bits per heavy atom. The zero-order chi connectivity index (χ0) is 18.4. The molecule has 0 saturated carbocycles. The summed E-state index contributed by atoms with van der Waals surface area (Å²) in [6.45, 7) is 4.43. The summed E-state index contributed by atoms with van der Waals surface area (Å²) in [6, 6.07) is 6.23. The Labute approximate surface area is 149 Å². The molecule has 1 saturated heterocycles. The summed E-state index contributed by atoms with van der Waals surface area (Å²) in [5.74, 6) is -0.270. The van der Waals surface area contributed by atoms with Gasteiger partial charge in [-0.3, -0.25) is 4.79 Å². The van der Waals surface area contributed by atoms with Crippen LogP contribution in [0.4, 0.5) is 5.69 Å². The lowest BCUT2D eigenvalue weighted by Gasteiger charge is -2.15. The lowest BCUT2D eigenvalue weighted by molar-refractivity contribution is -0.119. The van der Waals surface area contributed by atoms with Gasteiger partial charge in [0.15, 0.2) is 9.84 Å². The summed E-state index contributed by atoms with van der Waals surface area (Å²) in [5.41, 5.74) is 1.30. The molecule has 1 aliphatic rings. The van der Waals surface area contributed by atoms with Crippen molar-refractivity contribution in [3.05, 3.63) is 29.8 Å². The number of anilines is 1. The van der Waals surface area contributed by atoms with Crippen molar-refractivity contribution in [2.24, 2.45) is 0 Å². The van der Waals surface area contributed by atoms with Gasteiger partial charge in [-0.1, -0.05) is 31.9 Å². The van der Waals surface area contributed by atoms with E-state index in [1.807, 2.05) is 6.92 Å². The molecule has 0 bridgehead atoms. The van der Waals surface area contributed by atoms with Gasteiger partial charge in [-0.05, 0) is 44.0 Å². The van der Waals surface area contributed by atoms with E-state index in [4.69, 9.17) is 0 Å². The molecule has 140 valence electrons. The van der Waals surface area contributed by atoms with Crippen LogP contribution in [-0.2, 0) is 20.4 Å². The monoisotopic (exact) mass is 368 g/mol. The van der Waals surface area contributed by atoms with Crippen LogP contribution >= 0.6 is 0 Å². The van der Waals surface area contributed by atoms with Gasteiger partial charge in [0.1, 0.15) is 6.04 Å². The van der Waals surface area contributed by atoms with Crippen LogP contribution in [0.2, 0.25) is 0 Å². The fourth-order valence-corrected chi connectivity index (χ4v) is 4.37. The minimum atomic E-state index is -3.17. The van der Waals surface area contributed by atoms with E-state index in [9.17, 15) is 18.3 Å². The van der Waals surface area contributed by atoms with Gasteiger partial charge in [-0.25, -0.2) is 8.42 Å². The Kier molecular flexibility index (Phi) is 6.98. The summed E-state index contributed by atoms with van der Waals surface area (Å²) < 4.78 is 24.7. The first kappa shape index (κ1) is 19.9. The van der Waals surface area contributed by atoms with Gasteiger partial charge in [0.05, 0.1) is 17.1 Å². The Bertz CT molecular complexity index is 673. The highest BCUT2D eigenvalue weighted by molar-refractivity contribution is 7.91. The first-order chi connectivity index (χ1) is 11.8. The standard InChI is InChI=1S/C18H28N2O4S/c1-3-4-5-13(2)25(23,24)12-14-6-8-15(9-7-14)20-18(22)17-16(21)10-11-19-17/h6-9,13,16-17,19,21H,3-5,10-12H2,1-2H3,(H,20,22)/t13?,16-,17?/m0/s1. The average Bonchev–Trinajstić information content (AvgIpc) is 3.00. The third-order valence-corrected chi connectivity index (χ3v) is 6.84. The molecule has 3 N–H and O–H groups in total. The number of amides is 1. The van der Waals surface area contributed by atoms with Gasteiger partial charge in [0.25, 0.3) is 0 Å². The van der Waals surface area contributed by atoms with Crippen LogP contribution in [0.1, 0.15) is 45.1 Å². The van der Waals surface area contributed by atoms with Crippen LogP contribution in [0.25, 0.3) is 0 Å². The van der Waals surface area contributed by atoms with E-state index in [-0.39, 0.29) is 16.9 Å². The van der Waals surface area contributed by atoms with Gasteiger partial charge in [0, 0.05) is 5.69 Å². The van der Waals surface area contributed by atoms with Gasteiger partial charge in [-0.15, -0.1) is 0 Å². The zero-order valence-corrected chi connectivity index (χ0v) is 15.7. The Morgan fingerprint density at radius 1 is 1.36 bits per heavy atom. The third-order valence-electron chi connectivity index (χ3n) is 4.64. The minimum Gasteiger partial charge on any atom is -0.391 e. The van der Waals surface area contributed by atoms with E-state index in [1.165, 1.54) is 0 Å². The van der Waals surface area contributed by atoms with Crippen LogP contribution in [0, 0.1) is 0 Å². The Hall–Kier alpha value is -1.44. The van der Waals surface area contributed by atoms with Gasteiger partial charge in [-0.2, -0.15) is 0 Å². The number of carbonyl (C=O) groups excluding carboxylic acids is 1. The molecule has 1 amide bonds. The topological polar surface area (TPSA) is 95.5 Å². The number of benzene rings is 1. The SMILES string of the molecule is CCCCC(C)S(=O)(=O)Cc1ccc(NC(=O)C2NCC[C@@H]2O)cc1. The average molecular weight is 368 g/mol. The van der Waals surface area contributed by atoms with Crippen molar-refractivity contribution in [1.29, 1.82) is 0 Å². The molecule has 6 nitrogen and oxygen atoms in total. The minimum absolute atomic E-state index is 0.00893. The van der Waals surface area contributed by atoms with Crippen LogP contribution < -0.4 is 10.6 Å². The molecule has 1 aromatic carbocycles.